The molecule has 0 aliphatic carbocycles. The van der Waals surface area contributed by atoms with Crippen LogP contribution in [0.5, 0.6) is 11.5 Å². The number of hydrogen-bond acceptors (Lipinski definition) is 6. The molecule has 2 aromatic carbocycles. The molecule has 32 heavy (non-hydrogen) atoms. The summed E-state index contributed by atoms with van der Waals surface area (Å²) in [5.74, 6) is 5.06. The summed E-state index contributed by atoms with van der Waals surface area (Å²) in [6.45, 7) is 1.96. The first-order chi connectivity index (χ1) is 15.5. The van der Waals surface area contributed by atoms with E-state index in [4.69, 9.17) is 15.3 Å². The summed E-state index contributed by atoms with van der Waals surface area (Å²) in [5.41, 5.74) is 2.86. The lowest BCUT2D eigenvalue weighted by atomic mass is 10.0. The maximum atomic E-state index is 12.3. The third kappa shape index (κ3) is 6.47. The van der Waals surface area contributed by atoms with E-state index in [1.807, 2.05) is 31.2 Å². The van der Waals surface area contributed by atoms with Crippen LogP contribution in [0.2, 0.25) is 0 Å². The fourth-order valence-corrected chi connectivity index (χ4v) is 3.52. The van der Waals surface area contributed by atoms with Gasteiger partial charge in [0.1, 0.15) is 6.04 Å². The number of nitrogens with one attached hydrogen (secondary N) is 1. The molecule has 0 bridgehead atoms. The molecule has 1 amide bonds. The topological polar surface area (TPSA) is 123 Å². The molecule has 1 aliphatic rings. The first-order valence-corrected chi connectivity index (χ1v) is 10.8. The molecule has 1 aliphatic heterocycles. The van der Waals surface area contributed by atoms with Gasteiger partial charge in [-0.05, 0) is 48.1 Å². The second-order valence-electron chi connectivity index (χ2n) is 7.74. The summed E-state index contributed by atoms with van der Waals surface area (Å²) in [4.78, 5) is 24.0. The summed E-state index contributed by atoms with van der Waals surface area (Å²) in [6, 6.07) is 12.2. The zero-order valence-corrected chi connectivity index (χ0v) is 18.1. The molecule has 2 atom stereocenters. The van der Waals surface area contributed by atoms with Gasteiger partial charge in [0.2, 0.25) is 12.2 Å². The molecule has 170 valence electrons. The molecule has 0 fully saturated rings. The van der Waals surface area contributed by atoms with Gasteiger partial charge in [0.05, 0.1) is 6.21 Å². The molecule has 0 saturated heterocycles. The van der Waals surface area contributed by atoms with E-state index in [-0.39, 0.29) is 25.0 Å². The molecule has 1 heterocycles. The number of fused-ring (bicyclic) bond motifs is 1. The predicted molar refractivity (Wildman–Crippen MR) is 121 cm³/mol. The molecular weight excluding hydrogens is 410 g/mol. The van der Waals surface area contributed by atoms with Gasteiger partial charge in [-0.15, -0.1) is 0 Å². The zero-order valence-electron chi connectivity index (χ0n) is 18.1. The number of aryl methyl sites for hydroxylation is 1. The van der Waals surface area contributed by atoms with Gasteiger partial charge in [0.15, 0.2) is 11.5 Å². The van der Waals surface area contributed by atoms with Gasteiger partial charge in [-0.1, -0.05) is 37.3 Å². The number of rotatable bonds is 11. The molecule has 3 rings (SSSR count). The summed E-state index contributed by atoms with van der Waals surface area (Å²) in [6.07, 6.45) is 4.78. The third-order valence-electron chi connectivity index (χ3n) is 5.25. The van der Waals surface area contributed by atoms with Crippen LogP contribution in [-0.2, 0) is 22.4 Å². The van der Waals surface area contributed by atoms with E-state index in [0.29, 0.717) is 24.3 Å². The number of aliphatic carboxylic acids is 1. The Morgan fingerprint density at radius 1 is 1.12 bits per heavy atom. The number of amides is 1. The number of carboxylic acids is 1. The summed E-state index contributed by atoms with van der Waals surface area (Å²) >= 11 is 0. The molecule has 8 nitrogen and oxygen atoms in total. The van der Waals surface area contributed by atoms with Crippen molar-refractivity contribution in [1.29, 1.82) is 0 Å². The Kier molecular flexibility index (Phi) is 8.08. The number of carbonyl (C=O) groups excluding carboxylic acids is 1. The van der Waals surface area contributed by atoms with Crippen LogP contribution in [0.15, 0.2) is 47.6 Å². The van der Waals surface area contributed by atoms with Crippen molar-refractivity contribution >= 4 is 18.1 Å². The van der Waals surface area contributed by atoms with E-state index in [2.05, 4.69) is 10.4 Å². The summed E-state index contributed by atoms with van der Waals surface area (Å²) in [5, 5.41) is 15.7. The molecule has 0 saturated carbocycles. The van der Waals surface area contributed by atoms with E-state index in [1.54, 1.807) is 24.4 Å². The Morgan fingerprint density at radius 2 is 1.84 bits per heavy atom. The molecule has 0 radical (unpaired) electrons. The quantitative estimate of drug-likeness (QED) is 0.214. The van der Waals surface area contributed by atoms with Gasteiger partial charge < -0.3 is 25.7 Å². The van der Waals surface area contributed by atoms with E-state index in [1.165, 1.54) is 0 Å². The van der Waals surface area contributed by atoms with Crippen LogP contribution in [0.1, 0.15) is 49.3 Å². The third-order valence-corrected chi connectivity index (χ3v) is 5.25. The van der Waals surface area contributed by atoms with Crippen molar-refractivity contribution in [3.05, 3.63) is 59.2 Å². The largest absolute Gasteiger partial charge is 0.480 e. The Labute approximate surface area is 187 Å². The lowest BCUT2D eigenvalue weighted by Gasteiger charge is -2.15. The number of ether oxygens (including phenoxy) is 2. The van der Waals surface area contributed by atoms with Crippen molar-refractivity contribution in [2.45, 2.75) is 57.8 Å². The average Bonchev–Trinajstić information content (AvgIpc) is 3.20. The van der Waals surface area contributed by atoms with Crippen molar-refractivity contribution in [3.8, 4) is 11.5 Å². The smallest absolute Gasteiger partial charge is 0.326 e. The normalized spacial score (nSPS) is 15.6. The van der Waals surface area contributed by atoms with E-state index in [9.17, 15) is 14.7 Å². The molecule has 8 heteroatoms. The SMILES string of the molecule is CCC1Oc2ccc(CC(NC(=O)CCCCc3ccc(C=NN)cc3)C(=O)O)cc2O1. The van der Waals surface area contributed by atoms with Crippen molar-refractivity contribution in [1.82, 2.24) is 5.32 Å². The molecule has 2 aromatic rings. The van der Waals surface area contributed by atoms with Crippen molar-refractivity contribution < 1.29 is 24.2 Å². The fraction of sp³-hybridized carbons (Fsp3) is 0.375. The highest BCUT2D eigenvalue weighted by Gasteiger charge is 2.25. The molecule has 0 spiro atoms. The van der Waals surface area contributed by atoms with Crippen LogP contribution >= 0.6 is 0 Å². The number of hydrogen-bond donors (Lipinski definition) is 3. The van der Waals surface area contributed by atoms with Crippen molar-refractivity contribution in [3.63, 3.8) is 0 Å². The van der Waals surface area contributed by atoms with E-state index >= 15 is 0 Å². The van der Waals surface area contributed by atoms with E-state index < -0.39 is 12.0 Å². The van der Waals surface area contributed by atoms with Gasteiger partial charge in [-0.2, -0.15) is 5.10 Å². The highest BCUT2D eigenvalue weighted by molar-refractivity contribution is 5.83. The Bertz CT molecular complexity index is 959. The lowest BCUT2D eigenvalue weighted by Crippen LogP contribution is -2.42. The predicted octanol–water partition coefficient (Wildman–Crippen LogP) is 3.01. The number of unbranched alkanes of at least 4 members (excludes halogenated alkanes) is 1. The van der Waals surface area contributed by atoms with Crippen LogP contribution in [0.25, 0.3) is 0 Å². The Hall–Kier alpha value is -3.55. The van der Waals surface area contributed by atoms with Crippen LogP contribution in [0.4, 0.5) is 0 Å². The standard InChI is InChI=1S/C24H29N3O5/c1-2-23-31-20-12-11-18(14-21(20)32-23)13-19(24(29)30)27-22(28)6-4-3-5-16-7-9-17(10-8-16)15-26-25/h7-12,14-15,19,23H,2-6,13,25H2,1H3,(H,27,28)(H,29,30). The average molecular weight is 440 g/mol. The number of benzene rings is 2. The van der Waals surface area contributed by atoms with Crippen molar-refractivity contribution in [2.24, 2.45) is 10.9 Å². The molecule has 0 aromatic heterocycles. The maximum Gasteiger partial charge on any atom is 0.326 e. The molecule has 4 N–H and O–H groups in total. The van der Waals surface area contributed by atoms with Crippen LogP contribution in [-0.4, -0.2) is 35.5 Å². The van der Waals surface area contributed by atoms with Gasteiger partial charge in [0, 0.05) is 19.3 Å². The van der Waals surface area contributed by atoms with Gasteiger partial charge in [-0.3, -0.25) is 4.79 Å². The minimum atomic E-state index is -1.07. The summed E-state index contributed by atoms with van der Waals surface area (Å²) in [7, 11) is 0. The highest BCUT2D eigenvalue weighted by atomic mass is 16.7. The molecule has 2 unspecified atom stereocenters. The number of carboxylic acid groups (broad SMARTS) is 1. The van der Waals surface area contributed by atoms with E-state index in [0.717, 1.165) is 29.5 Å². The second-order valence-corrected chi connectivity index (χ2v) is 7.74. The molecular formula is C24H29N3O5. The second kappa shape index (κ2) is 11.2. The number of hydrazone groups is 1. The number of nitrogens with zero attached hydrogens (tertiary/aromatic N) is 1. The lowest BCUT2D eigenvalue weighted by molar-refractivity contribution is -0.141. The number of nitrogens with two attached hydrogens (primary N) is 1. The minimum absolute atomic E-state index is 0.174. The highest BCUT2D eigenvalue weighted by Crippen LogP contribution is 2.36. The Morgan fingerprint density at radius 3 is 2.53 bits per heavy atom. The van der Waals surface area contributed by atoms with Gasteiger partial charge >= 0.3 is 5.97 Å². The monoisotopic (exact) mass is 439 g/mol. The van der Waals surface area contributed by atoms with Gasteiger partial charge in [-0.25, -0.2) is 4.79 Å². The minimum Gasteiger partial charge on any atom is -0.480 e. The van der Waals surface area contributed by atoms with Crippen molar-refractivity contribution in [2.75, 3.05) is 0 Å². The maximum absolute atomic E-state index is 12.3. The zero-order chi connectivity index (χ0) is 22.9. The fourth-order valence-electron chi connectivity index (χ4n) is 3.52. The first-order valence-electron chi connectivity index (χ1n) is 10.8. The van der Waals surface area contributed by atoms with Gasteiger partial charge in [0.25, 0.3) is 0 Å². The Balaban J connectivity index is 1.44. The van der Waals surface area contributed by atoms with Crippen LogP contribution in [0.3, 0.4) is 0 Å². The first kappa shape index (κ1) is 23.1. The van der Waals surface area contributed by atoms with Crippen LogP contribution < -0.4 is 20.6 Å². The number of carbonyl (C=O) groups is 2. The summed E-state index contributed by atoms with van der Waals surface area (Å²) < 4.78 is 11.3. The van der Waals surface area contributed by atoms with Crippen LogP contribution in [0, 0.1) is 0 Å².